The summed E-state index contributed by atoms with van der Waals surface area (Å²) in [4.78, 5) is 28.4. The van der Waals surface area contributed by atoms with Gasteiger partial charge in [0.25, 0.3) is 0 Å². The van der Waals surface area contributed by atoms with Crippen LogP contribution in [0.3, 0.4) is 0 Å². The maximum absolute atomic E-state index is 13.5. The van der Waals surface area contributed by atoms with Crippen LogP contribution in [-0.4, -0.2) is 28.8 Å². The zero-order valence-corrected chi connectivity index (χ0v) is 19.5. The largest absolute Gasteiger partial charge is 0.352 e. The van der Waals surface area contributed by atoms with E-state index in [1.165, 1.54) is 0 Å². The van der Waals surface area contributed by atoms with Crippen molar-refractivity contribution >= 4 is 23.4 Å². The van der Waals surface area contributed by atoms with Gasteiger partial charge in [0.05, 0.1) is 6.42 Å². The number of halogens is 1. The number of benzene rings is 2. The molecule has 31 heavy (non-hydrogen) atoms. The van der Waals surface area contributed by atoms with Gasteiger partial charge in [-0.05, 0) is 56.4 Å². The van der Waals surface area contributed by atoms with E-state index in [1.54, 1.807) is 4.90 Å². The topological polar surface area (TPSA) is 49.4 Å². The van der Waals surface area contributed by atoms with Crippen LogP contribution < -0.4 is 5.32 Å². The lowest BCUT2D eigenvalue weighted by molar-refractivity contribution is -0.141. The first-order chi connectivity index (χ1) is 14.9. The highest BCUT2D eigenvalue weighted by Gasteiger charge is 2.30. The average molecular weight is 441 g/mol. The summed E-state index contributed by atoms with van der Waals surface area (Å²) >= 11 is 6.04. The molecule has 2 aromatic rings. The monoisotopic (exact) mass is 440 g/mol. The maximum atomic E-state index is 13.5. The Morgan fingerprint density at radius 3 is 2.23 bits per heavy atom. The van der Waals surface area contributed by atoms with Crippen LogP contribution in [0, 0.1) is 13.8 Å². The Bertz CT molecular complexity index is 884. The molecule has 2 amide bonds. The molecule has 1 aliphatic carbocycles. The van der Waals surface area contributed by atoms with Gasteiger partial charge in [0.1, 0.15) is 6.04 Å². The molecule has 0 saturated heterocycles. The molecular formula is C26H33ClN2O2. The van der Waals surface area contributed by atoms with Crippen molar-refractivity contribution in [2.75, 3.05) is 0 Å². The van der Waals surface area contributed by atoms with Crippen LogP contribution >= 0.6 is 11.6 Å². The summed E-state index contributed by atoms with van der Waals surface area (Å²) in [7, 11) is 0. The van der Waals surface area contributed by atoms with Crippen molar-refractivity contribution in [3.63, 3.8) is 0 Å². The summed E-state index contributed by atoms with van der Waals surface area (Å²) in [6.45, 7) is 6.43. The summed E-state index contributed by atoms with van der Waals surface area (Å²) in [6.07, 6.45) is 5.21. The molecular weight excluding hydrogens is 408 g/mol. The van der Waals surface area contributed by atoms with Crippen molar-refractivity contribution in [3.8, 4) is 0 Å². The molecule has 0 bridgehead atoms. The van der Waals surface area contributed by atoms with E-state index in [9.17, 15) is 9.59 Å². The molecule has 1 atom stereocenters. The highest BCUT2D eigenvalue weighted by Crippen LogP contribution is 2.21. The van der Waals surface area contributed by atoms with Crippen LogP contribution in [0.4, 0.5) is 0 Å². The molecule has 1 saturated carbocycles. The van der Waals surface area contributed by atoms with Gasteiger partial charge in [-0.15, -0.1) is 0 Å². The first kappa shape index (κ1) is 23.3. The van der Waals surface area contributed by atoms with E-state index in [1.807, 2.05) is 57.2 Å². The summed E-state index contributed by atoms with van der Waals surface area (Å²) in [5.41, 5.74) is 4.22. The molecule has 1 aliphatic rings. The molecule has 1 N–H and O–H groups in total. The summed E-state index contributed by atoms with van der Waals surface area (Å²) < 4.78 is 0. The van der Waals surface area contributed by atoms with Crippen LogP contribution in [0.25, 0.3) is 0 Å². The first-order valence-electron chi connectivity index (χ1n) is 11.3. The Kier molecular flexibility index (Phi) is 8.14. The summed E-state index contributed by atoms with van der Waals surface area (Å²) in [5.74, 6) is -0.0782. The van der Waals surface area contributed by atoms with Crippen LogP contribution in [0.5, 0.6) is 0 Å². The number of carbonyl (C=O) groups is 2. The SMILES string of the molecule is CCC(C(=O)NC1CCCC1)N(Cc1ccc(Cl)cc1)C(=O)Cc1cc(C)cc(C)c1. The van der Waals surface area contributed by atoms with E-state index < -0.39 is 6.04 Å². The van der Waals surface area contributed by atoms with Gasteiger partial charge in [0, 0.05) is 17.6 Å². The van der Waals surface area contributed by atoms with Crippen molar-refractivity contribution in [3.05, 3.63) is 69.7 Å². The molecule has 0 radical (unpaired) electrons. The van der Waals surface area contributed by atoms with Gasteiger partial charge >= 0.3 is 0 Å². The molecule has 1 unspecified atom stereocenters. The van der Waals surface area contributed by atoms with Crippen LogP contribution in [0.1, 0.15) is 61.3 Å². The van der Waals surface area contributed by atoms with Gasteiger partial charge in [-0.25, -0.2) is 0 Å². The molecule has 3 rings (SSSR count). The fraction of sp³-hybridized carbons (Fsp3) is 0.462. The van der Waals surface area contributed by atoms with Crippen molar-refractivity contribution in [2.45, 2.75) is 77.9 Å². The summed E-state index contributed by atoms with van der Waals surface area (Å²) in [5, 5.41) is 3.84. The van der Waals surface area contributed by atoms with E-state index in [0.29, 0.717) is 18.0 Å². The van der Waals surface area contributed by atoms with Crippen LogP contribution in [0.2, 0.25) is 5.02 Å². The average Bonchev–Trinajstić information content (AvgIpc) is 3.21. The molecule has 0 heterocycles. The predicted molar refractivity (Wildman–Crippen MR) is 126 cm³/mol. The zero-order chi connectivity index (χ0) is 22.4. The van der Waals surface area contributed by atoms with Gasteiger partial charge in [0.2, 0.25) is 11.8 Å². The second-order valence-electron chi connectivity index (χ2n) is 8.73. The molecule has 0 aliphatic heterocycles. The molecule has 166 valence electrons. The number of rotatable bonds is 8. The number of nitrogens with zero attached hydrogens (tertiary/aromatic N) is 1. The van der Waals surface area contributed by atoms with Gasteiger partial charge in [-0.3, -0.25) is 9.59 Å². The lowest BCUT2D eigenvalue weighted by Gasteiger charge is -2.31. The second kappa shape index (κ2) is 10.8. The fourth-order valence-corrected chi connectivity index (χ4v) is 4.65. The Labute approximate surface area is 191 Å². The number of amides is 2. The smallest absolute Gasteiger partial charge is 0.243 e. The van der Waals surface area contributed by atoms with Gasteiger partial charge < -0.3 is 10.2 Å². The first-order valence-corrected chi connectivity index (χ1v) is 11.6. The number of hydrogen-bond acceptors (Lipinski definition) is 2. The highest BCUT2D eigenvalue weighted by atomic mass is 35.5. The summed E-state index contributed by atoms with van der Waals surface area (Å²) in [6, 6.07) is 13.4. The van der Waals surface area contributed by atoms with Gasteiger partial charge in [-0.2, -0.15) is 0 Å². The Morgan fingerprint density at radius 2 is 1.65 bits per heavy atom. The Morgan fingerprint density at radius 1 is 1.03 bits per heavy atom. The minimum atomic E-state index is -0.491. The number of aryl methyl sites for hydroxylation is 2. The van der Waals surface area contributed by atoms with Gasteiger partial charge in [-0.1, -0.05) is 72.8 Å². The molecule has 0 aromatic heterocycles. The lowest BCUT2D eigenvalue weighted by Crippen LogP contribution is -2.51. The number of hydrogen-bond donors (Lipinski definition) is 1. The zero-order valence-electron chi connectivity index (χ0n) is 18.8. The number of nitrogens with one attached hydrogen (secondary N) is 1. The van der Waals surface area contributed by atoms with E-state index >= 15 is 0 Å². The van der Waals surface area contributed by atoms with Crippen LogP contribution in [0.15, 0.2) is 42.5 Å². The standard InChI is InChI=1S/C26H33ClN2O2/c1-4-24(26(31)28-23-7-5-6-8-23)29(17-20-9-11-22(27)12-10-20)25(30)16-21-14-18(2)13-19(3)15-21/h9-15,23-24H,4-8,16-17H2,1-3H3,(H,28,31). The molecule has 2 aromatic carbocycles. The third-order valence-electron chi connectivity index (χ3n) is 5.99. The molecule has 5 heteroatoms. The van der Waals surface area contributed by atoms with E-state index in [4.69, 9.17) is 11.6 Å². The quantitative estimate of drug-likeness (QED) is 0.600. The van der Waals surface area contributed by atoms with Crippen molar-refractivity contribution in [2.24, 2.45) is 0 Å². The molecule has 4 nitrogen and oxygen atoms in total. The van der Waals surface area contributed by atoms with Crippen molar-refractivity contribution in [1.82, 2.24) is 10.2 Å². The molecule has 0 spiro atoms. The normalized spacial score (nSPS) is 15.0. The molecule has 1 fully saturated rings. The number of carbonyl (C=O) groups excluding carboxylic acids is 2. The van der Waals surface area contributed by atoms with E-state index in [2.05, 4.69) is 11.4 Å². The lowest BCUT2D eigenvalue weighted by atomic mass is 10.0. The second-order valence-corrected chi connectivity index (χ2v) is 9.17. The van der Waals surface area contributed by atoms with Crippen LogP contribution in [-0.2, 0) is 22.6 Å². The van der Waals surface area contributed by atoms with Crippen molar-refractivity contribution in [1.29, 1.82) is 0 Å². The Balaban J connectivity index is 1.83. The van der Waals surface area contributed by atoms with E-state index in [0.717, 1.165) is 47.9 Å². The minimum absolute atomic E-state index is 0.0339. The third kappa shape index (κ3) is 6.57. The maximum Gasteiger partial charge on any atom is 0.243 e. The fourth-order valence-electron chi connectivity index (χ4n) is 4.52. The van der Waals surface area contributed by atoms with Crippen molar-refractivity contribution < 1.29 is 9.59 Å². The highest BCUT2D eigenvalue weighted by molar-refractivity contribution is 6.30. The van der Waals surface area contributed by atoms with E-state index in [-0.39, 0.29) is 24.3 Å². The van der Waals surface area contributed by atoms with Gasteiger partial charge in [0.15, 0.2) is 0 Å². The minimum Gasteiger partial charge on any atom is -0.352 e. The predicted octanol–water partition coefficient (Wildman–Crippen LogP) is 5.37. The Hall–Kier alpha value is -2.33. The third-order valence-corrected chi connectivity index (χ3v) is 6.24.